The number of rotatable bonds is 4. The average Bonchev–Trinajstić information content (AvgIpc) is 3.05. The minimum atomic E-state index is 0. The highest BCUT2D eigenvalue weighted by atomic mass is 35.5. The van der Waals surface area contributed by atoms with Gasteiger partial charge in [-0.2, -0.15) is 11.8 Å². The molecule has 2 aliphatic rings. The Morgan fingerprint density at radius 3 is 3.00 bits per heavy atom. The minimum Gasteiger partial charge on any atom is -0.496 e. The first-order valence-corrected chi connectivity index (χ1v) is 9.18. The van der Waals surface area contributed by atoms with Gasteiger partial charge in [0.05, 0.1) is 13.2 Å². The summed E-state index contributed by atoms with van der Waals surface area (Å²) in [7, 11) is 1.70. The van der Waals surface area contributed by atoms with Crippen LogP contribution in [0.2, 0.25) is 0 Å². The molecule has 2 heterocycles. The molecule has 128 valence electrons. The third kappa shape index (κ3) is 4.34. The van der Waals surface area contributed by atoms with E-state index in [1.165, 1.54) is 0 Å². The summed E-state index contributed by atoms with van der Waals surface area (Å²) in [5, 5.41) is 3.46. The van der Waals surface area contributed by atoms with Gasteiger partial charge in [0.25, 0.3) is 0 Å². The molecule has 1 aromatic carbocycles. The molecule has 1 N–H and O–H groups in total. The lowest BCUT2D eigenvalue weighted by Crippen LogP contribution is -2.42. The van der Waals surface area contributed by atoms with Gasteiger partial charge in [-0.05, 0) is 18.9 Å². The van der Waals surface area contributed by atoms with Crippen LogP contribution in [-0.4, -0.2) is 48.6 Å². The third-order valence-corrected chi connectivity index (χ3v) is 5.62. The smallest absolute Gasteiger partial charge is 0.224 e. The number of thioether (sulfide) groups is 1. The topological polar surface area (TPSA) is 41.6 Å². The molecule has 1 aromatic rings. The first-order valence-electron chi connectivity index (χ1n) is 8.03. The van der Waals surface area contributed by atoms with Gasteiger partial charge in [-0.25, -0.2) is 0 Å². The predicted octanol–water partition coefficient (Wildman–Crippen LogP) is 2.88. The molecular formula is C17H25ClN2O2S. The zero-order valence-electron chi connectivity index (χ0n) is 13.5. The number of hydrogen-bond acceptors (Lipinski definition) is 4. The molecule has 2 saturated heterocycles. The molecule has 0 spiro atoms. The lowest BCUT2D eigenvalue weighted by atomic mass is 10.0. The van der Waals surface area contributed by atoms with Crippen molar-refractivity contribution in [3.8, 4) is 5.75 Å². The van der Waals surface area contributed by atoms with Gasteiger partial charge in [-0.3, -0.25) is 4.79 Å². The Morgan fingerprint density at radius 2 is 2.26 bits per heavy atom. The zero-order valence-corrected chi connectivity index (χ0v) is 15.1. The van der Waals surface area contributed by atoms with E-state index in [9.17, 15) is 4.79 Å². The zero-order chi connectivity index (χ0) is 15.4. The Morgan fingerprint density at radius 1 is 1.43 bits per heavy atom. The van der Waals surface area contributed by atoms with Gasteiger partial charge in [0.2, 0.25) is 5.91 Å². The number of methoxy groups -OCH3 is 1. The molecule has 2 atom stereocenters. The summed E-state index contributed by atoms with van der Waals surface area (Å²) < 4.78 is 5.48. The van der Waals surface area contributed by atoms with Crippen LogP contribution in [0.15, 0.2) is 24.3 Å². The number of benzene rings is 1. The molecule has 2 unspecified atom stereocenters. The van der Waals surface area contributed by atoms with Crippen molar-refractivity contribution in [1.82, 2.24) is 10.2 Å². The normalized spacial score (nSPS) is 24.1. The van der Waals surface area contributed by atoms with Crippen LogP contribution < -0.4 is 10.1 Å². The van der Waals surface area contributed by atoms with Crippen LogP contribution in [0, 0.1) is 0 Å². The number of halogens is 1. The van der Waals surface area contributed by atoms with Crippen LogP contribution >= 0.6 is 24.2 Å². The van der Waals surface area contributed by atoms with Crippen molar-refractivity contribution in [3.05, 3.63) is 29.8 Å². The van der Waals surface area contributed by atoms with Gasteiger partial charge in [0, 0.05) is 42.6 Å². The first-order chi connectivity index (χ1) is 10.8. The fourth-order valence-electron chi connectivity index (χ4n) is 3.41. The van der Waals surface area contributed by atoms with E-state index in [2.05, 4.69) is 16.3 Å². The number of carbonyl (C=O) groups is 1. The maximum atomic E-state index is 12.7. The highest BCUT2D eigenvalue weighted by Crippen LogP contribution is 2.37. The maximum absolute atomic E-state index is 12.7. The Labute approximate surface area is 148 Å². The van der Waals surface area contributed by atoms with Gasteiger partial charge in [0.1, 0.15) is 5.75 Å². The predicted molar refractivity (Wildman–Crippen MR) is 97.7 cm³/mol. The molecule has 0 aliphatic carbocycles. The summed E-state index contributed by atoms with van der Waals surface area (Å²) in [6, 6.07) is 8.56. The molecule has 2 fully saturated rings. The Balaban J connectivity index is 0.00000192. The maximum Gasteiger partial charge on any atom is 0.224 e. The molecule has 6 heteroatoms. The standard InChI is InChI=1S/C17H24N2O2S.ClH/c1-21-16-7-3-2-5-14(16)15-6-4-9-19(15)17(20)11-13-12-22-10-8-18-13;/h2-3,5,7,13,15,18H,4,6,8-12H2,1H3;1H. The molecule has 0 aromatic heterocycles. The van der Waals surface area contributed by atoms with Gasteiger partial charge in [-0.15, -0.1) is 12.4 Å². The average molecular weight is 357 g/mol. The van der Waals surface area contributed by atoms with E-state index in [0.29, 0.717) is 12.5 Å². The molecule has 23 heavy (non-hydrogen) atoms. The number of para-hydroxylation sites is 1. The fourth-order valence-corrected chi connectivity index (χ4v) is 4.36. The molecule has 3 rings (SSSR count). The summed E-state index contributed by atoms with van der Waals surface area (Å²) in [5.74, 6) is 3.35. The molecule has 2 aliphatic heterocycles. The van der Waals surface area contributed by atoms with Crippen molar-refractivity contribution < 1.29 is 9.53 Å². The second kappa shape index (κ2) is 8.81. The fraction of sp³-hybridized carbons (Fsp3) is 0.588. The van der Waals surface area contributed by atoms with E-state index in [4.69, 9.17) is 4.74 Å². The van der Waals surface area contributed by atoms with E-state index in [0.717, 1.165) is 48.7 Å². The van der Waals surface area contributed by atoms with Gasteiger partial charge in [-0.1, -0.05) is 18.2 Å². The highest BCUT2D eigenvalue weighted by Gasteiger charge is 2.32. The third-order valence-electron chi connectivity index (χ3n) is 4.49. The lowest BCUT2D eigenvalue weighted by molar-refractivity contribution is -0.132. The van der Waals surface area contributed by atoms with E-state index in [1.54, 1.807) is 7.11 Å². The summed E-state index contributed by atoms with van der Waals surface area (Å²) in [6.45, 7) is 1.87. The van der Waals surface area contributed by atoms with E-state index < -0.39 is 0 Å². The van der Waals surface area contributed by atoms with Crippen LogP contribution in [0.3, 0.4) is 0 Å². The lowest BCUT2D eigenvalue weighted by Gasteiger charge is -2.29. The second-order valence-corrected chi connectivity index (χ2v) is 7.07. The van der Waals surface area contributed by atoms with Crippen molar-refractivity contribution in [2.45, 2.75) is 31.3 Å². The second-order valence-electron chi connectivity index (χ2n) is 5.92. The molecule has 0 bridgehead atoms. The molecule has 4 nitrogen and oxygen atoms in total. The molecular weight excluding hydrogens is 332 g/mol. The van der Waals surface area contributed by atoms with Crippen molar-refractivity contribution in [2.24, 2.45) is 0 Å². The number of nitrogens with zero attached hydrogens (tertiary/aromatic N) is 1. The number of amides is 1. The van der Waals surface area contributed by atoms with Crippen LogP contribution in [0.1, 0.15) is 30.9 Å². The van der Waals surface area contributed by atoms with Crippen molar-refractivity contribution in [2.75, 3.05) is 31.7 Å². The van der Waals surface area contributed by atoms with Crippen molar-refractivity contribution in [3.63, 3.8) is 0 Å². The Hall–Kier alpha value is -0.910. The van der Waals surface area contributed by atoms with Gasteiger partial charge < -0.3 is 15.0 Å². The number of carbonyl (C=O) groups excluding carboxylic acids is 1. The highest BCUT2D eigenvalue weighted by molar-refractivity contribution is 7.99. The minimum absolute atomic E-state index is 0. The van der Waals surface area contributed by atoms with Crippen LogP contribution in [0.25, 0.3) is 0 Å². The monoisotopic (exact) mass is 356 g/mol. The Kier molecular flexibility index (Phi) is 7.06. The van der Waals surface area contributed by atoms with Crippen LogP contribution in [-0.2, 0) is 4.79 Å². The number of nitrogens with one attached hydrogen (secondary N) is 1. The van der Waals surface area contributed by atoms with Crippen LogP contribution in [0.4, 0.5) is 0 Å². The van der Waals surface area contributed by atoms with E-state index >= 15 is 0 Å². The molecule has 0 saturated carbocycles. The SMILES string of the molecule is COc1ccccc1C1CCCN1C(=O)CC1CSCCN1.Cl. The first kappa shape index (κ1) is 18.4. The number of likely N-dealkylation sites (tertiary alicyclic amines) is 1. The van der Waals surface area contributed by atoms with Crippen LogP contribution in [0.5, 0.6) is 5.75 Å². The molecule has 1 amide bonds. The van der Waals surface area contributed by atoms with E-state index in [1.807, 2.05) is 30.0 Å². The summed E-state index contributed by atoms with van der Waals surface area (Å²) in [4.78, 5) is 14.8. The van der Waals surface area contributed by atoms with Gasteiger partial charge >= 0.3 is 0 Å². The summed E-state index contributed by atoms with van der Waals surface area (Å²) >= 11 is 1.94. The summed E-state index contributed by atoms with van der Waals surface area (Å²) in [5.41, 5.74) is 1.14. The van der Waals surface area contributed by atoms with Gasteiger partial charge in [0.15, 0.2) is 0 Å². The number of ether oxygens (including phenoxy) is 1. The van der Waals surface area contributed by atoms with Crippen molar-refractivity contribution >= 4 is 30.1 Å². The quantitative estimate of drug-likeness (QED) is 0.900. The largest absolute Gasteiger partial charge is 0.496 e. The number of hydrogen-bond donors (Lipinski definition) is 1. The summed E-state index contributed by atoms with van der Waals surface area (Å²) in [6.07, 6.45) is 2.71. The van der Waals surface area contributed by atoms with Crippen molar-refractivity contribution in [1.29, 1.82) is 0 Å². The Bertz CT molecular complexity index is 523. The molecule has 0 radical (unpaired) electrons. The van der Waals surface area contributed by atoms with E-state index in [-0.39, 0.29) is 24.4 Å².